The van der Waals surface area contributed by atoms with E-state index in [2.05, 4.69) is 5.32 Å². The van der Waals surface area contributed by atoms with Gasteiger partial charge in [-0.3, -0.25) is 9.59 Å². The maximum atomic E-state index is 12.0. The molecule has 1 aromatic heterocycles. The summed E-state index contributed by atoms with van der Waals surface area (Å²) in [7, 11) is 1.74. The second-order valence-corrected chi connectivity index (χ2v) is 6.23. The quantitative estimate of drug-likeness (QED) is 0.799. The van der Waals surface area contributed by atoms with Crippen molar-refractivity contribution < 1.29 is 14.3 Å². The number of carbonyl (C=O) groups is 2. The van der Waals surface area contributed by atoms with Gasteiger partial charge in [0.05, 0.1) is 6.54 Å². The largest absolute Gasteiger partial charge is 0.491 e. The Morgan fingerprint density at radius 2 is 2.04 bits per heavy atom. The van der Waals surface area contributed by atoms with E-state index in [4.69, 9.17) is 4.74 Å². The molecule has 1 aromatic carbocycles. The van der Waals surface area contributed by atoms with Crippen LogP contribution in [-0.2, 0) is 4.79 Å². The summed E-state index contributed by atoms with van der Waals surface area (Å²) in [6.07, 6.45) is 0.275. The third-order valence-electron chi connectivity index (χ3n) is 3.61. The van der Waals surface area contributed by atoms with Crippen molar-refractivity contribution in [2.45, 2.75) is 13.3 Å². The molecule has 1 N–H and O–H groups in total. The Labute approximate surface area is 146 Å². The first-order chi connectivity index (χ1) is 11.6. The van der Waals surface area contributed by atoms with Crippen molar-refractivity contribution in [1.82, 2.24) is 10.2 Å². The fourth-order valence-corrected chi connectivity index (χ4v) is 2.74. The van der Waals surface area contributed by atoms with Gasteiger partial charge >= 0.3 is 0 Å². The molecule has 0 saturated heterocycles. The number of amides is 2. The second kappa shape index (κ2) is 9.08. The molecule has 0 saturated carbocycles. The number of rotatable bonds is 8. The standard InChI is InChI=1S/C18H22N2O3S/c1-14-5-3-4-6-16(14)23-11-10-20(2)17(21)7-9-19-18(22)15-8-12-24-13-15/h3-6,8,12-13H,7,9-11H2,1-2H3,(H,19,22). The normalized spacial score (nSPS) is 10.2. The Bertz CT molecular complexity index is 671. The predicted octanol–water partition coefficient (Wildman–Crippen LogP) is 2.71. The minimum atomic E-state index is -0.144. The average Bonchev–Trinajstić information content (AvgIpc) is 3.11. The van der Waals surface area contributed by atoms with Crippen LogP contribution in [0.1, 0.15) is 22.3 Å². The van der Waals surface area contributed by atoms with E-state index in [9.17, 15) is 9.59 Å². The van der Waals surface area contributed by atoms with Crippen LogP contribution in [-0.4, -0.2) is 43.5 Å². The summed E-state index contributed by atoms with van der Waals surface area (Å²) in [6, 6.07) is 9.55. The molecule has 0 aliphatic rings. The van der Waals surface area contributed by atoms with E-state index in [1.807, 2.05) is 36.6 Å². The summed E-state index contributed by atoms with van der Waals surface area (Å²) in [5, 5.41) is 6.38. The van der Waals surface area contributed by atoms with Crippen LogP contribution in [0.2, 0.25) is 0 Å². The number of ether oxygens (including phenoxy) is 1. The van der Waals surface area contributed by atoms with Gasteiger partial charge in [-0.1, -0.05) is 18.2 Å². The van der Waals surface area contributed by atoms with Crippen molar-refractivity contribution in [3.8, 4) is 5.75 Å². The molecular formula is C18H22N2O3S. The Morgan fingerprint density at radius 3 is 2.75 bits per heavy atom. The number of benzene rings is 1. The monoisotopic (exact) mass is 346 g/mol. The van der Waals surface area contributed by atoms with Crippen LogP contribution in [0.3, 0.4) is 0 Å². The highest BCUT2D eigenvalue weighted by molar-refractivity contribution is 7.08. The van der Waals surface area contributed by atoms with Gasteiger partial charge in [0.1, 0.15) is 12.4 Å². The highest BCUT2D eigenvalue weighted by Gasteiger charge is 2.10. The zero-order valence-corrected chi connectivity index (χ0v) is 14.8. The molecule has 6 heteroatoms. The number of aryl methyl sites for hydroxylation is 1. The van der Waals surface area contributed by atoms with Gasteiger partial charge in [-0.05, 0) is 30.0 Å². The molecule has 2 aromatic rings. The van der Waals surface area contributed by atoms with E-state index in [-0.39, 0.29) is 18.2 Å². The van der Waals surface area contributed by atoms with E-state index in [0.29, 0.717) is 25.3 Å². The lowest BCUT2D eigenvalue weighted by atomic mass is 10.2. The minimum Gasteiger partial charge on any atom is -0.491 e. The zero-order chi connectivity index (χ0) is 17.4. The molecule has 0 aliphatic heterocycles. The molecule has 0 spiro atoms. The molecule has 1 heterocycles. The van der Waals surface area contributed by atoms with Gasteiger partial charge in [0.25, 0.3) is 5.91 Å². The molecule has 0 bridgehead atoms. The first-order valence-electron chi connectivity index (χ1n) is 7.80. The van der Waals surface area contributed by atoms with E-state index in [0.717, 1.165) is 11.3 Å². The van der Waals surface area contributed by atoms with Crippen LogP contribution in [0.25, 0.3) is 0 Å². The summed E-state index contributed by atoms with van der Waals surface area (Å²) < 4.78 is 5.69. The molecular weight excluding hydrogens is 324 g/mol. The number of likely N-dealkylation sites (N-methyl/N-ethyl adjacent to an activating group) is 1. The number of thiophene rings is 1. The number of carbonyl (C=O) groups excluding carboxylic acids is 2. The van der Waals surface area contributed by atoms with Gasteiger partial charge < -0.3 is 15.0 Å². The van der Waals surface area contributed by atoms with E-state index in [1.165, 1.54) is 11.3 Å². The number of hydrogen-bond donors (Lipinski definition) is 1. The van der Waals surface area contributed by atoms with Crippen molar-refractivity contribution in [2.24, 2.45) is 0 Å². The third-order valence-corrected chi connectivity index (χ3v) is 4.29. The number of nitrogens with zero attached hydrogens (tertiary/aromatic N) is 1. The van der Waals surface area contributed by atoms with Crippen LogP contribution < -0.4 is 10.1 Å². The van der Waals surface area contributed by atoms with Crippen LogP contribution >= 0.6 is 11.3 Å². The number of para-hydroxylation sites is 1. The molecule has 5 nitrogen and oxygen atoms in total. The molecule has 0 aliphatic carbocycles. The third kappa shape index (κ3) is 5.38. The van der Waals surface area contributed by atoms with E-state index < -0.39 is 0 Å². The lowest BCUT2D eigenvalue weighted by Crippen LogP contribution is -2.34. The Kier molecular flexibility index (Phi) is 6.81. The Hall–Kier alpha value is -2.34. The van der Waals surface area contributed by atoms with Gasteiger partial charge in [0, 0.05) is 31.0 Å². The predicted molar refractivity (Wildman–Crippen MR) is 95.6 cm³/mol. The minimum absolute atomic E-state index is 0.0194. The van der Waals surface area contributed by atoms with Crippen molar-refractivity contribution >= 4 is 23.2 Å². The summed E-state index contributed by atoms with van der Waals surface area (Å²) in [5.41, 5.74) is 1.70. The van der Waals surface area contributed by atoms with Crippen molar-refractivity contribution in [3.63, 3.8) is 0 Å². The molecule has 2 rings (SSSR count). The van der Waals surface area contributed by atoms with Crippen molar-refractivity contribution in [3.05, 3.63) is 52.2 Å². The fraction of sp³-hybridized carbons (Fsp3) is 0.333. The van der Waals surface area contributed by atoms with E-state index in [1.54, 1.807) is 23.4 Å². The van der Waals surface area contributed by atoms with Gasteiger partial charge in [0.2, 0.25) is 5.91 Å². The Balaban J connectivity index is 1.65. The zero-order valence-electron chi connectivity index (χ0n) is 14.0. The first-order valence-corrected chi connectivity index (χ1v) is 8.75. The highest BCUT2D eigenvalue weighted by Crippen LogP contribution is 2.15. The summed E-state index contributed by atoms with van der Waals surface area (Å²) in [6.45, 7) is 3.26. The van der Waals surface area contributed by atoms with Crippen LogP contribution in [0.15, 0.2) is 41.1 Å². The van der Waals surface area contributed by atoms with Gasteiger partial charge in [0.15, 0.2) is 0 Å². The van der Waals surface area contributed by atoms with Crippen molar-refractivity contribution in [1.29, 1.82) is 0 Å². The van der Waals surface area contributed by atoms with Gasteiger partial charge in [-0.25, -0.2) is 0 Å². The van der Waals surface area contributed by atoms with Crippen LogP contribution in [0.4, 0.5) is 0 Å². The lowest BCUT2D eigenvalue weighted by molar-refractivity contribution is -0.130. The molecule has 128 valence electrons. The topological polar surface area (TPSA) is 58.6 Å². The summed E-state index contributed by atoms with van der Waals surface area (Å²) >= 11 is 1.47. The lowest BCUT2D eigenvalue weighted by Gasteiger charge is -2.18. The molecule has 0 radical (unpaired) electrons. The average molecular weight is 346 g/mol. The molecule has 0 atom stereocenters. The first kappa shape index (κ1) is 18.0. The molecule has 2 amide bonds. The maximum absolute atomic E-state index is 12.0. The second-order valence-electron chi connectivity index (χ2n) is 5.45. The summed E-state index contributed by atoms with van der Waals surface area (Å²) in [4.78, 5) is 25.4. The summed E-state index contributed by atoms with van der Waals surface area (Å²) in [5.74, 6) is 0.671. The van der Waals surface area contributed by atoms with Gasteiger partial charge in [-0.2, -0.15) is 11.3 Å². The van der Waals surface area contributed by atoms with Crippen LogP contribution in [0, 0.1) is 6.92 Å². The van der Waals surface area contributed by atoms with E-state index >= 15 is 0 Å². The Morgan fingerprint density at radius 1 is 1.25 bits per heavy atom. The van der Waals surface area contributed by atoms with Crippen molar-refractivity contribution in [2.75, 3.05) is 26.7 Å². The molecule has 0 unspecified atom stereocenters. The fourth-order valence-electron chi connectivity index (χ4n) is 2.11. The maximum Gasteiger partial charge on any atom is 0.252 e. The number of nitrogens with one attached hydrogen (secondary N) is 1. The number of hydrogen-bond acceptors (Lipinski definition) is 4. The highest BCUT2D eigenvalue weighted by atomic mass is 32.1. The smallest absolute Gasteiger partial charge is 0.252 e. The molecule has 24 heavy (non-hydrogen) atoms. The van der Waals surface area contributed by atoms with Gasteiger partial charge in [-0.15, -0.1) is 0 Å². The SMILES string of the molecule is Cc1ccccc1OCCN(C)C(=O)CCNC(=O)c1ccsc1. The van der Waals surface area contributed by atoms with Crippen LogP contribution in [0.5, 0.6) is 5.75 Å². The molecule has 0 fully saturated rings.